The molecule has 2 aliphatic heterocycles. The van der Waals surface area contributed by atoms with Gasteiger partial charge in [0.15, 0.2) is 0 Å². The van der Waals surface area contributed by atoms with Gasteiger partial charge in [0, 0.05) is 39.3 Å². The molecule has 2 fully saturated rings. The van der Waals surface area contributed by atoms with Crippen LogP contribution in [0.3, 0.4) is 0 Å². The fraction of sp³-hybridized carbons (Fsp3) is 0.684. The van der Waals surface area contributed by atoms with Crippen LogP contribution in [0.5, 0.6) is 0 Å². The molecule has 134 valence electrons. The molecule has 0 saturated carbocycles. The van der Waals surface area contributed by atoms with E-state index in [1.165, 1.54) is 5.56 Å². The monoisotopic (exact) mass is 334 g/mol. The molecule has 0 radical (unpaired) electrons. The van der Waals surface area contributed by atoms with Gasteiger partial charge in [-0.1, -0.05) is 30.3 Å². The van der Waals surface area contributed by atoms with Gasteiger partial charge in [0.05, 0.1) is 38.6 Å². The molecule has 5 nitrogen and oxygen atoms in total. The van der Waals surface area contributed by atoms with Gasteiger partial charge in [0.2, 0.25) is 0 Å². The Kier molecular flexibility index (Phi) is 7.05. The third-order valence-corrected chi connectivity index (χ3v) is 4.75. The first kappa shape index (κ1) is 17.8. The van der Waals surface area contributed by atoms with Gasteiger partial charge in [-0.15, -0.1) is 0 Å². The van der Waals surface area contributed by atoms with Gasteiger partial charge in [-0.05, 0) is 12.5 Å². The smallest absolute Gasteiger partial charge is 0.0952 e. The molecule has 2 atom stereocenters. The van der Waals surface area contributed by atoms with Crippen molar-refractivity contribution in [3.8, 4) is 0 Å². The number of benzene rings is 1. The van der Waals surface area contributed by atoms with E-state index in [0.29, 0.717) is 6.10 Å². The Bertz CT molecular complexity index is 465. The zero-order valence-electron chi connectivity index (χ0n) is 14.7. The molecule has 2 heterocycles. The van der Waals surface area contributed by atoms with Crippen LogP contribution in [0, 0.1) is 0 Å². The van der Waals surface area contributed by atoms with Crippen molar-refractivity contribution in [3.63, 3.8) is 0 Å². The number of morpholine rings is 2. The van der Waals surface area contributed by atoms with Gasteiger partial charge in [-0.3, -0.25) is 9.80 Å². The Morgan fingerprint density at radius 2 is 1.83 bits per heavy atom. The second-order valence-electron chi connectivity index (χ2n) is 6.67. The van der Waals surface area contributed by atoms with Crippen LogP contribution in [0.2, 0.25) is 0 Å². The first-order valence-electron chi connectivity index (χ1n) is 9.12. The van der Waals surface area contributed by atoms with Gasteiger partial charge in [0.1, 0.15) is 0 Å². The summed E-state index contributed by atoms with van der Waals surface area (Å²) >= 11 is 0. The summed E-state index contributed by atoms with van der Waals surface area (Å²) < 4.78 is 17.4. The maximum Gasteiger partial charge on any atom is 0.0952 e. The molecule has 0 bridgehead atoms. The first-order valence-corrected chi connectivity index (χ1v) is 9.12. The molecule has 0 amide bonds. The highest BCUT2D eigenvalue weighted by Gasteiger charge is 2.20. The summed E-state index contributed by atoms with van der Waals surface area (Å²) in [7, 11) is 0. The second kappa shape index (κ2) is 9.49. The van der Waals surface area contributed by atoms with Gasteiger partial charge in [-0.2, -0.15) is 0 Å². The topological polar surface area (TPSA) is 34.2 Å². The molecule has 24 heavy (non-hydrogen) atoms. The van der Waals surface area contributed by atoms with Crippen LogP contribution in [0.25, 0.3) is 0 Å². The van der Waals surface area contributed by atoms with E-state index in [1.54, 1.807) is 0 Å². The third kappa shape index (κ3) is 5.53. The molecule has 2 unspecified atom stereocenters. The first-order chi connectivity index (χ1) is 11.8. The van der Waals surface area contributed by atoms with Crippen molar-refractivity contribution in [2.24, 2.45) is 0 Å². The van der Waals surface area contributed by atoms with E-state index in [9.17, 15) is 0 Å². The van der Waals surface area contributed by atoms with Crippen LogP contribution in [-0.2, 0) is 14.2 Å². The van der Waals surface area contributed by atoms with Crippen molar-refractivity contribution in [1.29, 1.82) is 0 Å². The molecule has 2 aliphatic rings. The molecular formula is C19H30N2O3. The largest absolute Gasteiger partial charge is 0.379 e. The molecule has 0 aliphatic carbocycles. The van der Waals surface area contributed by atoms with E-state index in [4.69, 9.17) is 14.2 Å². The summed E-state index contributed by atoms with van der Waals surface area (Å²) in [6.07, 6.45) is 0.458. The van der Waals surface area contributed by atoms with E-state index in [-0.39, 0.29) is 6.10 Å². The van der Waals surface area contributed by atoms with Crippen LogP contribution in [0.15, 0.2) is 30.3 Å². The lowest BCUT2D eigenvalue weighted by molar-refractivity contribution is -0.0439. The fourth-order valence-electron chi connectivity index (χ4n) is 3.36. The average Bonchev–Trinajstić information content (AvgIpc) is 2.63. The number of ether oxygens (including phenoxy) is 3. The van der Waals surface area contributed by atoms with E-state index in [0.717, 1.165) is 65.7 Å². The minimum atomic E-state index is 0.128. The van der Waals surface area contributed by atoms with Gasteiger partial charge >= 0.3 is 0 Å². The summed E-state index contributed by atoms with van der Waals surface area (Å²) in [5.41, 5.74) is 1.26. The third-order valence-electron chi connectivity index (χ3n) is 4.75. The van der Waals surface area contributed by atoms with Crippen LogP contribution in [0.4, 0.5) is 0 Å². The number of nitrogens with zero attached hydrogens (tertiary/aromatic N) is 2. The van der Waals surface area contributed by atoms with Crippen molar-refractivity contribution in [3.05, 3.63) is 35.9 Å². The Morgan fingerprint density at radius 3 is 2.58 bits per heavy atom. The maximum absolute atomic E-state index is 6.30. The maximum atomic E-state index is 6.30. The zero-order chi connectivity index (χ0) is 16.6. The van der Waals surface area contributed by atoms with Crippen LogP contribution < -0.4 is 0 Å². The SMILES string of the molecule is CC1CN(CCOC(CN2CCOCC2)c2ccccc2)CCO1. The number of hydrogen-bond donors (Lipinski definition) is 0. The van der Waals surface area contributed by atoms with E-state index in [1.807, 2.05) is 0 Å². The summed E-state index contributed by atoms with van der Waals surface area (Å²) in [6, 6.07) is 10.6. The molecule has 1 aromatic carbocycles. The summed E-state index contributed by atoms with van der Waals surface area (Å²) in [5, 5.41) is 0. The van der Waals surface area contributed by atoms with E-state index >= 15 is 0 Å². The molecule has 5 heteroatoms. The van der Waals surface area contributed by atoms with Crippen molar-refractivity contribution in [2.45, 2.75) is 19.1 Å². The quantitative estimate of drug-likeness (QED) is 0.760. The predicted octanol–water partition coefficient (Wildman–Crippen LogP) is 1.80. The minimum absolute atomic E-state index is 0.128. The second-order valence-corrected chi connectivity index (χ2v) is 6.67. The van der Waals surface area contributed by atoms with Gasteiger partial charge in [0.25, 0.3) is 0 Å². The summed E-state index contributed by atoms with van der Waals surface area (Å²) in [5.74, 6) is 0. The number of hydrogen-bond acceptors (Lipinski definition) is 5. The lowest BCUT2D eigenvalue weighted by atomic mass is 10.1. The molecule has 0 spiro atoms. The van der Waals surface area contributed by atoms with Crippen molar-refractivity contribution < 1.29 is 14.2 Å². The van der Waals surface area contributed by atoms with E-state index in [2.05, 4.69) is 47.1 Å². The van der Waals surface area contributed by atoms with Crippen LogP contribution in [0.1, 0.15) is 18.6 Å². The lowest BCUT2D eigenvalue weighted by Gasteiger charge is -2.33. The summed E-state index contributed by atoms with van der Waals surface area (Å²) in [6.45, 7) is 11.3. The minimum Gasteiger partial charge on any atom is -0.379 e. The molecule has 3 rings (SSSR count). The fourth-order valence-corrected chi connectivity index (χ4v) is 3.36. The average molecular weight is 334 g/mol. The Balaban J connectivity index is 1.51. The normalized spacial score (nSPS) is 24.8. The van der Waals surface area contributed by atoms with Gasteiger partial charge in [-0.25, -0.2) is 0 Å². The highest BCUT2D eigenvalue weighted by Crippen LogP contribution is 2.19. The van der Waals surface area contributed by atoms with Gasteiger partial charge < -0.3 is 14.2 Å². The van der Waals surface area contributed by atoms with Crippen molar-refractivity contribution in [1.82, 2.24) is 9.80 Å². The zero-order valence-corrected chi connectivity index (χ0v) is 14.7. The number of rotatable bonds is 7. The van der Waals surface area contributed by atoms with Crippen molar-refractivity contribution >= 4 is 0 Å². The standard InChI is InChI=1S/C19H30N2O3/c1-17-15-20(9-13-23-17)10-14-24-19(18-5-3-2-4-6-18)16-21-7-11-22-12-8-21/h2-6,17,19H,7-16H2,1H3. The highest BCUT2D eigenvalue weighted by molar-refractivity contribution is 5.18. The molecule has 1 aromatic rings. The Labute approximate surface area is 145 Å². The van der Waals surface area contributed by atoms with E-state index < -0.39 is 0 Å². The van der Waals surface area contributed by atoms with Crippen molar-refractivity contribution in [2.75, 3.05) is 65.7 Å². The van der Waals surface area contributed by atoms with Crippen LogP contribution >= 0.6 is 0 Å². The highest BCUT2D eigenvalue weighted by atomic mass is 16.5. The molecule has 0 aromatic heterocycles. The summed E-state index contributed by atoms with van der Waals surface area (Å²) in [4.78, 5) is 4.88. The van der Waals surface area contributed by atoms with Crippen LogP contribution in [-0.4, -0.2) is 81.6 Å². The molecular weight excluding hydrogens is 304 g/mol. The Morgan fingerprint density at radius 1 is 1.08 bits per heavy atom. The predicted molar refractivity (Wildman–Crippen MR) is 94.2 cm³/mol. The lowest BCUT2D eigenvalue weighted by Crippen LogP contribution is -2.43. The molecule has 2 saturated heterocycles. The Hall–Kier alpha value is -0.980. The molecule has 0 N–H and O–H groups in total.